The summed E-state index contributed by atoms with van der Waals surface area (Å²) >= 11 is 0. The van der Waals surface area contributed by atoms with Gasteiger partial charge in [0.2, 0.25) is 0 Å². The molecule has 0 aromatic heterocycles. The summed E-state index contributed by atoms with van der Waals surface area (Å²) in [4.78, 5) is 37.6. The molecule has 0 aliphatic heterocycles. The molecular formula is C50H84O6. The summed E-state index contributed by atoms with van der Waals surface area (Å²) < 4.78 is 16.6. The van der Waals surface area contributed by atoms with Crippen LogP contribution in [0.5, 0.6) is 0 Å². The van der Waals surface area contributed by atoms with Crippen LogP contribution in [0.4, 0.5) is 0 Å². The fourth-order valence-electron chi connectivity index (χ4n) is 6.06. The number of hydrogen-bond acceptors (Lipinski definition) is 6. The molecule has 0 amide bonds. The molecule has 0 aromatic carbocycles. The summed E-state index contributed by atoms with van der Waals surface area (Å²) in [5, 5.41) is 0. The van der Waals surface area contributed by atoms with Gasteiger partial charge in [-0.3, -0.25) is 14.4 Å². The largest absolute Gasteiger partial charge is 0.462 e. The molecule has 0 N–H and O–H groups in total. The summed E-state index contributed by atoms with van der Waals surface area (Å²) in [6.45, 7) is 6.31. The number of carbonyl (C=O) groups is 3. The average molecular weight is 781 g/mol. The Bertz CT molecular complexity index is 1080. The van der Waals surface area contributed by atoms with Gasteiger partial charge in [0.05, 0.1) is 0 Å². The van der Waals surface area contributed by atoms with Gasteiger partial charge in [0.25, 0.3) is 0 Å². The van der Waals surface area contributed by atoms with Crippen LogP contribution < -0.4 is 0 Å². The van der Waals surface area contributed by atoms with Gasteiger partial charge >= 0.3 is 17.9 Å². The number of allylic oxidation sites excluding steroid dienone is 12. The van der Waals surface area contributed by atoms with Crippen molar-refractivity contribution in [2.75, 3.05) is 13.2 Å². The van der Waals surface area contributed by atoms with Crippen molar-refractivity contribution in [3.8, 4) is 0 Å². The zero-order chi connectivity index (χ0) is 40.8. The summed E-state index contributed by atoms with van der Waals surface area (Å²) in [7, 11) is 0. The second-order valence-electron chi connectivity index (χ2n) is 14.9. The highest BCUT2D eigenvalue weighted by Crippen LogP contribution is 2.13. The van der Waals surface area contributed by atoms with Crippen molar-refractivity contribution in [2.24, 2.45) is 0 Å². The lowest BCUT2D eigenvalue weighted by molar-refractivity contribution is -0.167. The average Bonchev–Trinajstić information content (AvgIpc) is 3.19. The van der Waals surface area contributed by atoms with Crippen LogP contribution in [0.25, 0.3) is 0 Å². The van der Waals surface area contributed by atoms with Gasteiger partial charge < -0.3 is 14.2 Å². The summed E-state index contributed by atoms with van der Waals surface area (Å²) in [6.07, 6.45) is 54.7. The molecule has 0 rings (SSSR count). The smallest absolute Gasteiger partial charge is 0.306 e. The van der Waals surface area contributed by atoms with Crippen LogP contribution in [0.15, 0.2) is 72.9 Å². The third-order valence-electron chi connectivity index (χ3n) is 9.46. The van der Waals surface area contributed by atoms with Crippen molar-refractivity contribution in [3.05, 3.63) is 72.9 Å². The molecule has 0 fully saturated rings. The number of rotatable bonds is 40. The van der Waals surface area contributed by atoms with E-state index in [0.29, 0.717) is 19.3 Å². The first-order valence-electron chi connectivity index (χ1n) is 22.9. The molecule has 1 unspecified atom stereocenters. The van der Waals surface area contributed by atoms with Crippen molar-refractivity contribution in [1.82, 2.24) is 0 Å². The molecule has 6 nitrogen and oxygen atoms in total. The van der Waals surface area contributed by atoms with Gasteiger partial charge in [0, 0.05) is 19.3 Å². The second-order valence-corrected chi connectivity index (χ2v) is 14.9. The summed E-state index contributed by atoms with van der Waals surface area (Å²) in [5.74, 6) is -0.928. The Labute approximate surface area is 344 Å². The van der Waals surface area contributed by atoms with Crippen molar-refractivity contribution in [3.63, 3.8) is 0 Å². The summed E-state index contributed by atoms with van der Waals surface area (Å²) in [5.41, 5.74) is 0. The molecule has 0 heterocycles. The van der Waals surface area contributed by atoms with Crippen molar-refractivity contribution in [1.29, 1.82) is 0 Å². The van der Waals surface area contributed by atoms with Crippen LogP contribution in [0.2, 0.25) is 0 Å². The standard InChI is InChI=1S/C50H84O6/c1-4-7-10-13-16-18-20-22-24-25-27-28-30-32-34-37-40-43-49(52)55-46-47(45-54-48(51)42-39-36-15-12-9-6-3)56-50(53)44-41-38-35-33-31-29-26-23-21-19-17-14-11-8-5-2/h7-8,10-11,16-19,22-24,26,47H,4-6,9,12-15,20-21,25,27-46H2,1-3H3/b10-7-,11-8-,18-16-,19-17-,24-22-,26-23-. The Hall–Kier alpha value is -3.15. The van der Waals surface area contributed by atoms with E-state index in [1.807, 2.05) is 0 Å². The summed E-state index contributed by atoms with van der Waals surface area (Å²) in [6, 6.07) is 0. The van der Waals surface area contributed by atoms with Crippen molar-refractivity contribution in [2.45, 2.75) is 213 Å². The lowest BCUT2D eigenvalue weighted by Gasteiger charge is -2.18. The molecule has 0 saturated heterocycles. The van der Waals surface area contributed by atoms with Crippen molar-refractivity contribution >= 4 is 17.9 Å². The van der Waals surface area contributed by atoms with Crippen LogP contribution in [0, 0.1) is 0 Å². The van der Waals surface area contributed by atoms with Crippen molar-refractivity contribution < 1.29 is 28.6 Å². The molecule has 0 saturated carbocycles. The predicted molar refractivity (Wildman–Crippen MR) is 238 cm³/mol. The molecule has 0 spiro atoms. The Morgan fingerprint density at radius 3 is 1.09 bits per heavy atom. The maximum absolute atomic E-state index is 12.7. The van der Waals surface area contributed by atoms with Crippen LogP contribution in [-0.4, -0.2) is 37.2 Å². The van der Waals surface area contributed by atoms with Gasteiger partial charge in [-0.05, 0) is 83.5 Å². The Balaban J connectivity index is 4.31. The SMILES string of the molecule is CC/C=C\C/C=C\C/C=C\CCCCCCCCCC(=O)OCC(COC(=O)CCCCCCCC)OC(=O)CCCCCCC/C=C\C/C=C\C/C=C\CC. The van der Waals surface area contributed by atoms with E-state index in [1.165, 1.54) is 44.9 Å². The number of unbranched alkanes of at least 4 members (excludes halogenated alkanes) is 17. The number of ether oxygens (including phenoxy) is 3. The Kier molecular flexibility index (Phi) is 42.1. The second kappa shape index (κ2) is 44.6. The lowest BCUT2D eigenvalue weighted by Crippen LogP contribution is -2.30. The van der Waals surface area contributed by atoms with Gasteiger partial charge in [0.1, 0.15) is 13.2 Å². The lowest BCUT2D eigenvalue weighted by atomic mass is 10.1. The first-order valence-corrected chi connectivity index (χ1v) is 22.9. The molecule has 0 aliphatic rings. The topological polar surface area (TPSA) is 78.9 Å². The van der Waals surface area contributed by atoms with Crippen LogP contribution in [0.1, 0.15) is 207 Å². The monoisotopic (exact) mass is 781 g/mol. The van der Waals surface area contributed by atoms with Crippen LogP contribution >= 0.6 is 0 Å². The maximum atomic E-state index is 12.7. The molecule has 6 heteroatoms. The van der Waals surface area contributed by atoms with Gasteiger partial charge in [-0.15, -0.1) is 0 Å². The van der Waals surface area contributed by atoms with Gasteiger partial charge in [-0.2, -0.15) is 0 Å². The molecular weight excluding hydrogens is 697 g/mol. The van der Waals surface area contributed by atoms with E-state index >= 15 is 0 Å². The normalized spacial score (nSPS) is 12.7. The first kappa shape index (κ1) is 52.9. The van der Waals surface area contributed by atoms with E-state index in [9.17, 15) is 14.4 Å². The molecule has 320 valence electrons. The van der Waals surface area contributed by atoms with Gasteiger partial charge in [-0.1, -0.05) is 177 Å². The third-order valence-corrected chi connectivity index (χ3v) is 9.46. The highest BCUT2D eigenvalue weighted by atomic mass is 16.6. The minimum absolute atomic E-state index is 0.0866. The molecule has 56 heavy (non-hydrogen) atoms. The van der Waals surface area contributed by atoms with E-state index in [1.54, 1.807) is 0 Å². The first-order chi connectivity index (χ1) is 27.5. The van der Waals surface area contributed by atoms with E-state index in [4.69, 9.17) is 14.2 Å². The Morgan fingerprint density at radius 2 is 0.696 bits per heavy atom. The predicted octanol–water partition coefficient (Wildman–Crippen LogP) is 14.7. The van der Waals surface area contributed by atoms with Crippen LogP contribution in [-0.2, 0) is 28.6 Å². The molecule has 0 aliphatic carbocycles. The molecule has 0 bridgehead atoms. The quantitative estimate of drug-likeness (QED) is 0.0267. The van der Waals surface area contributed by atoms with Gasteiger partial charge in [-0.25, -0.2) is 0 Å². The number of hydrogen-bond donors (Lipinski definition) is 0. The molecule has 0 aromatic rings. The highest BCUT2D eigenvalue weighted by molar-refractivity contribution is 5.71. The molecule has 1 atom stereocenters. The molecule has 0 radical (unpaired) electrons. The van der Waals surface area contributed by atoms with E-state index in [2.05, 4.69) is 93.7 Å². The Morgan fingerprint density at radius 1 is 0.375 bits per heavy atom. The van der Waals surface area contributed by atoms with Gasteiger partial charge in [0.15, 0.2) is 6.10 Å². The maximum Gasteiger partial charge on any atom is 0.306 e. The minimum Gasteiger partial charge on any atom is -0.462 e. The van der Waals surface area contributed by atoms with Crippen LogP contribution in [0.3, 0.4) is 0 Å². The fraction of sp³-hybridized carbons (Fsp3) is 0.700. The zero-order valence-corrected chi connectivity index (χ0v) is 36.4. The fourth-order valence-corrected chi connectivity index (χ4v) is 6.06. The highest BCUT2D eigenvalue weighted by Gasteiger charge is 2.19. The zero-order valence-electron chi connectivity index (χ0n) is 36.4. The number of carbonyl (C=O) groups excluding carboxylic acids is 3. The minimum atomic E-state index is -0.784. The number of esters is 3. The van der Waals surface area contributed by atoms with E-state index in [-0.39, 0.29) is 31.1 Å². The van der Waals surface area contributed by atoms with E-state index < -0.39 is 6.10 Å². The third kappa shape index (κ3) is 42.0. The van der Waals surface area contributed by atoms with E-state index in [0.717, 1.165) is 122 Å².